The van der Waals surface area contributed by atoms with Crippen LogP contribution in [0.4, 0.5) is 10.1 Å². The number of aliphatic hydroxyl groups excluding tert-OH is 1. The molecule has 0 aliphatic carbocycles. The summed E-state index contributed by atoms with van der Waals surface area (Å²) in [6.45, 7) is 2.34. The minimum absolute atomic E-state index is 0.119. The number of aliphatic hydroxyl groups is 1. The molecule has 4 rings (SSSR count). The quantitative estimate of drug-likeness (QED) is 0.366. The van der Waals surface area contributed by atoms with Gasteiger partial charge in [0.15, 0.2) is 0 Å². The number of ketones is 1. The van der Waals surface area contributed by atoms with Gasteiger partial charge in [-0.2, -0.15) is 0 Å². The first-order valence-corrected chi connectivity index (χ1v) is 9.86. The number of amides is 1. The van der Waals surface area contributed by atoms with Crippen LogP contribution in [0.3, 0.4) is 0 Å². The van der Waals surface area contributed by atoms with Crippen molar-refractivity contribution >= 4 is 23.1 Å². The summed E-state index contributed by atoms with van der Waals surface area (Å²) in [5.41, 5.74) is 0.725. The third kappa shape index (κ3) is 3.68. The number of hydrogen-bond donors (Lipinski definition) is 1. The van der Waals surface area contributed by atoms with E-state index >= 15 is 0 Å². The van der Waals surface area contributed by atoms with Gasteiger partial charge in [0.05, 0.1) is 18.2 Å². The fourth-order valence-electron chi connectivity index (χ4n) is 3.71. The van der Waals surface area contributed by atoms with Crippen LogP contribution in [0.25, 0.3) is 5.76 Å². The molecule has 5 nitrogen and oxygen atoms in total. The molecule has 1 saturated heterocycles. The summed E-state index contributed by atoms with van der Waals surface area (Å²) < 4.78 is 20.3. The molecule has 0 radical (unpaired) electrons. The van der Waals surface area contributed by atoms with Crippen LogP contribution in [0.1, 0.15) is 24.1 Å². The number of carbonyl (C=O) groups is 2. The number of ether oxygens (including phenoxy) is 1. The maximum absolute atomic E-state index is 14.8. The molecule has 31 heavy (non-hydrogen) atoms. The second-order valence-electron chi connectivity index (χ2n) is 6.98. The number of rotatable bonds is 5. The average molecular weight is 417 g/mol. The molecule has 0 aromatic heterocycles. The van der Waals surface area contributed by atoms with E-state index in [-0.39, 0.29) is 16.9 Å². The zero-order valence-electron chi connectivity index (χ0n) is 16.8. The van der Waals surface area contributed by atoms with Crippen molar-refractivity contribution in [3.63, 3.8) is 0 Å². The Labute approximate surface area is 179 Å². The lowest BCUT2D eigenvalue weighted by Crippen LogP contribution is -2.29. The van der Waals surface area contributed by atoms with Crippen LogP contribution in [-0.2, 0) is 9.59 Å². The number of nitrogens with zero attached hydrogens (tertiary/aromatic N) is 1. The minimum atomic E-state index is -1.11. The average Bonchev–Trinajstić information content (AvgIpc) is 3.05. The first-order chi connectivity index (χ1) is 15.0. The van der Waals surface area contributed by atoms with Gasteiger partial charge in [-0.15, -0.1) is 0 Å². The van der Waals surface area contributed by atoms with E-state index in [1.54, 1.807) is 60.7 Å². The number of anilines is 1. The fraction of sp³-hybridized carbons (Fsp3) is 0.120. The van der Waals surface area contributed by atoms with Crippen molar-refractivity contribution in [1.29, 1.82) is 0 Å². The van der Waals surface area contributed by atoms with Crippen molar-refractivity contribution in [3.05, 3.63) is 101 Å². The summed E-state index contributed by atoms with van der Waals surface area (Å²) in [5.74, 6) is -2.03. The van der Waals surface area contributed by atoms with Crippen LogP contribution in [-0.4, -0.2) is 23.4 Å². The predicted molar refractivity (Wildman–Crippen MR) is 115 cm³/mol. The molecule has 0 saturated carbocycles. The Morgan fingerprint density at radius 3 is 2.26 bits per heavy atom. The zero-order chi connectivity index (χ0) is 22.0. The maximum Gasteiger partial charge on any atom is 0.300 e. The zero-order valence-corrected chi connectivity index (χ0v) is 16.8. The normalized spacial score (nSPS) is 17.7. The van der Waals surface area contributed by atoms with E-state index in [4.69, 9.17) is 4.74 Å². The highest BCUT2D eigenvalue weighted by atomic mass is 19.1. The molecule has 1 aliphatic rings. The van der Waals surface area contributed by atoms with E-state index < -0.39 is 23.5 Å². The molecule has 1 heterocycles. The Hall–Kier alpha value is -3.93. The van der Waals surface area contributed by atoms with E-state index in [2.05, 4.69) is 0 Å². The molecule has 6 heteroatoms. The van der Waals surface area contributed by atoms with Crippen LogP contribution in [0.15, 0.2) is 84.4 Å². The lowest BCUT2D eigenvalue weighted by molar-refractivity contribution is -0.132. The molecule has 156 valence electrons. The number of halogens is 1. The van der Waals surface area contributed by atoms with Crippen molar-refractivity contribution in [2.75, 3.05) is 11.5 Å². The summed E-state index contributed by atoms with van der Waals surface area (Å²) in [7, 11) is 0. The van der Waals surface area contributed by atoms with Crippen LogP contribution >= 0.6 is 0 Å². The molecule has 1 amide bonds. The molecule has 3 aromatic rings. The minimum Gasteiger partial charge on any atom is -0.507 e. The monoisotopic (exact) mass is 417 g/mol. The summed E-state index contributed by atoms with van der Waals surface area (Å²) in [6, 6.07) is 19.8. The second kappa shape index (κ2) is 8.44. The van der Waals surface area contributed by atoms with Crippen molar-refractivity contribution in [3.8, 4) is 5.75 Å². The number of benzene rings is 3. The van der Waals surface area contributed by atoms with Crippen LogP contribution in [0.2, 0.25) is 0 Å². The molecule has 0 bridgehead atoms. The largest absolute Gasteiger partial charge is 0.507 e. The van der Waals surface area contributed by atoms with E-state index in [1.165, 1.54) is 23.1 Å². The van der Waals surface area contributed by atoms with Gasteiger partial charge in [0, 0.05) is 16.8 Å². The molecule has 3 aromatic carbocycles. The summed E-state index contributed by atoms with van der Waals surface area (Å²) in [4.78, 5) is 27.3. The van der Waals surface area contributed by atoms with Gasteiger partial charge in [0.2, 0.25) is 0 Å². The molecular weight excluding hydrogens is 397 g/mol. The predicted octanol–water partition coefficient (Wildman–Crippen LogP) is 4.85. The first kappa shape index (κ1) is 20.3. The van der Waals surface area contributed by atoms with Gasteiger partial charge in [-0.1, -0.05) is 48.5 Å². The highest BCUT2D eigenvalue weighted by molar-refractivity contribution is 6.51. The maximum atomic E-state index is 14.8. The topological polar surface area (TPSA) is 66.8 Å². The van der Waals surface area contributed by atoms with Crippen molar-refractivity contribution in [1.82, 2.24) is 0 Å². The van der Waals surface area contributed by atoms with Gasteiger partial charge in [-0.05, 0) is 37.3 Å². The first-order valence-electron chi connectivity index (χ1n) is 9.86. The lowest BCUT2D eigenvalue weighted by atomic mass is 9.94. The van der Waals surface area contributed by atoms with Crippen molar-refractivity contribution in [2.45, 2.75) is 13.0 Å². The van der Waals surface area contributed by atoms with Gasteiger partial charge < -0.3 is 9.84 Å². The summed E-state index contributed by atoms with van der Waals surface area (Å²) >= 11 is 0. The van der Waals surface area contributed by atoms with Gasteiger partial charge in [0.1, 0.15) is 17.3 Å². The Bertz CT molecular complexity index is 1160. The van der Waals surface area contributed by atoms with E-state index in [9.17, 15) is 19.1 Å². The Balaban J connectivity index is 1.91. The third-order valence-electron chi connectivity index (χ3n) is 5.12. The van der Waals surface area contributed by atoms with Gasteiger partial charge in [-0.25, -0.2) is 4.39 Å². The molecular formula is C25H20FNO4. The fourth-order valence-corrected chi connectivity index (χ4v) is 3.71. The van der Waals surface area contributed by atoms with Crippen LogP contribution in [0.5, 0.6) is 5.75 Å². The van der Waals surface area contributed by atoms with Crippen LogP contribution in [0, 0.1) is 5.82 Å². The second-order valence-corrected chi connectivity index (χ2v) is 6.98. The van der Waals surface area contributed by atoms with E-state index in [0.29, 0.717) is 23.6 Å². The summed E-state index contributed by atoms with van der Waals surface area (Å²) in [6.07, 6.45) is 0. The van der Waals surface area contributed by atoms with Crippen molar-refractivity contribution < 1.29 is 23.8 Å². The molecule has 1 aliphatic heterocycles. The molecule has 1 N–H and O–H groups in total. The van der Waals surface area contributed by atoms with Gasteiger partial charge >= 0.3 is 0 Å². The highest BCUT2D eigenvalue weighted by Crippen LogP contribution is 2.43. The third-order valence-corrected chi connectivity index (χ3v) is 5.12. The van der Waals surface area contributed by atoms with Gasteiger partial charge in [0.25, 0.3) is 11.7 Å². The SMILES string of the molecule is CCOc1ccc(N2C(=O)C(=O)C(=C(O)c3ccccc3)C2c2ccccc2F)cc1. The molecule has 1 fully saturated rings. The summed E-state index contributed by atoms with van der Waals surface area (Å²) in [5, 5.41) is 10.9. The molecule has 1 unspecified atom stereocenters. The standard InChI is InChI=1S/C25H20FNO4/c1-2-31-18-14-12-17(13-15-18)27-22(19-10-6-7-11-20(19)26)21(24(29)25(27)30)23(28)16-8-4-3-5-9-16/h3-15,22,28H,2H2,1H3. The Morgan fingerprint density at radius 1 is 0.968 bits per heavy atom. The number of carbonyl (C=O) groups excluding carboxylic acids is 2. The highest BCUT2D eigenvalue weighted by Gasteiger charge is 2.47. The smallest absolute Gasteiger partial charge is 0.300 e. The molecule has 1 atom stereocenters. The Kier molecular flexibility index (Phi) is 5.54. The number of hydrogen-bond acceptors (Lipinski definition) is 4. The Morgan fingerprint density at radius 2 is 1.61 bits per heavy atom. The van der Waals surface area contributed by atoms with E-state index in [0.717, 1.165) is 0 Å². The molecule has 0 spiro atoms. The van der Waals surface area contributed by atoms with E-state index in [1.807, 2.05) is 6.92 Å². The van der Waals surface area contributed by atoms with Crippen molar-refractivity contribution in [2.24, 2.45) is 0 Å². The van der Waals surface area contributed by atoms with Gasteiger partial charge in [-0.3, -0.25) is 14.5 Å². The van der Waals surface area contributed by atoms with Crippen LogP contribution < -0.4 is 9.64 Å². The lowest BCUT2D eigenvalue weighted by Gasteiger charge is -2.26. The number of Topliss-reactive ketones (excluding diaryl/α,β-unsaturated/α-hetero) is 1.